The van der Waals surface area contributed by atoms with Gasteiger partial charge in [-0.1, -0.05) is 82.0 Å². The smallest absolute Gasteiger partial charge is 0.408 e. The van der Waals surface area contributed by atoms with E-state index < -0.39 is 23.9 Å². The molecule has 1 amide bonds. The first kappa shape index (κ1) is 41.0. The molecule has 1 aromatic heterocycles. The predicted octanol–water partition coefficient (Wildman–Crippen LogP) is 6.77. The molecule has 3 rings (SSSR count). The maximum absolute atomic E-state index is 12.3. The first-order valence-corrected chi connectivity index (χ1v) is 16.3. The van der Waals surface area contributed by atoms with Gasteiger partial charge in [0.2, 0.25) is 6.23 Å². The molecule has 0 bridgehead atoms. The minimum atomic E-state index is -0.644. The number of quaternary nitrogens is 1. The average Bonchev–Trinajstić information content (AvgIpc) is 3.47. The number of carbonyl (C=O) groups excluding carboxylic acids is 2. The molecule has 0 saturated heterocycles. The lowest BCUT2D eigenvalue weighted by atomic mass is 10.0. The maximum atomic E-state index is 12.3. The number of unbranched alkanes of at least 4 members (excludes halogenated alkanes) is 3. The lowest BCUT2D eigenvalue weighted by Crippen LogP contribution is -2.55. The summed E-state index contributed by atoms with van der Waals surface area (Å²) < 4.78 is 26.0. The number of hydrogen-bond acceptors (Lipinski definition) is 9. The van der Waals surface area contributed by atoms with Crippen LogP contribution in [0.3, 0.4) is 0 Å². The number of esters is 1. The molecule has 250 valence electrons. The van der Waals surface area contributed by atoms with E-state index in [1.54, 1.807) is 20.8 Å². The largest absolute Gasteiger partial charge is 0.475 e. The van der Waals surface area contributed by atoms with Gasteiger partial charge < -0.3 is 24.6 Å². The first-order valence-electron chi connectivity index (χ1n) is 15.5. The topological polar surface area (TPSA) is 120 Å². The number of aliphatic hydroxyl groups is 1. The number of carbonyl (C=O) groups is 2. The summed E-state index contributed by atoms with van der Waals surface area (Å²) in [7, 11) is 3.05. The van der Waals surface area contributed by atoms with E-state index >= 15 is 0 Å². The van der Waals surface area contributed by atoms with Gasteiger partial charge in [0, 0.05) is 26.0 Å². The summed E-state index contributed by atoms with van der Waals surface area (Å²) in [6.07, 6.45) is 6.50. The highest BCUT2D eigenvalue weighted by Gasteiger charge is 2.36. The van der Waals surface area contributed by atoms with Gasteiger partial charge in [-0.05, 0) is 34.1 Å². The van der Waals surface area contributed by atoms with Crippen molar-refractivity contribution in [3.05, 3.63) is 47.7 Å². The second-order valence-electron chi connectivity index (χ2n) is 11.3. The van der Waals surface area contributed by atoms with Crippen molar-refractivity contribution in [3.8, 4) is 5.88 Å². The van der Waals surface area contributed by atoms with Gasteiger partial charge in [-0.3, -0.25) is 4.48 Å². The number of nitrogens with one attached hydrogen (secondary N) is 1. The Morgan fingerprint density at radius 2 is 1.75 bits per heavy atom. The minimum absolute atomic E-state index is 0.242. The number of likely N-dealkylation sites (N-methyl/N-ethyl adjacent to an activating group) is 1. The molecular weight excluding hydrogens is 580 g/mol. The van der Waals surface area contributed by atoms with Crippen LogP contribution in [0.25, 0.3) is 5.57 Å². The van der Waals surface area contributed by atoms with Gasteiger partial charge >= 0.3 is 12.1 Å². The van der Waals surface area contributed by atoms with Crippen molar-refractivity contribution in [1.82, 2.24) is 14.1 Å². The Morgan fingerprint density at radius 1 is 1.09 bits per heavy atom. The molecule has 0 radical (unpaired) electrons. The number of benzene rings is 1. The number of aromatic nitrogens is 2. The Labute approximate surface area is 269 Å². The summed E-state index contributed by atoms with van der Waals surface area (Å²) in [4.78, 5) is 24.1. The molecule has 2 aromatic rings. The summed E-state index contributed by atoms with van der Waals surface area (Å²) >= 11 is 1.15. The van der Waals surface area contributed by atoms with Gasteiger partial charge in [-0.15, -0.1) is 4.37 Å². The van der Waals surface area contributed by atoms with Crippen molar-refractivity contribution in [2.24, 2.45) is 0 Å². The van der Waals surface area contributed by atoms with E-state index in [4.69, 9.17) is 19.3 Å². The Morgan fingerprint density at radius 3 is 2.32 bits per heavy atom. The Bertz CT molecular complexity index is 1090. The first-order chi connectivity index (χ1) is 20.9. The van der Waals surface area contributed by atoms with Crippen molar-refractivity contribution < 1.29 is 33.4 Å². The Balaban J connectivity index is 0.00000143. The van der Waals surface area contributed by atoms with Gasteiger partial charge in [-0.2, -0.15) is 4.37 Å². The molecule has 2 unspecified atom stereocenters. The van der Waals surface area contributed by atoms with Crippen LogP contribution >= 0.6 is 11.7 Å². The normalized spacial score (nSPS) is 16.2. The van der Waals surface area contributed by atoms with Crippen LogP contribution in [0.5, 0.6) is 5.88 Å². The lowest BCUT2D eigenvalue weighted by molar-refractivity contribution is -0.944. The molecule has 2 heterocycles. The molecule has 0 fully saturated rings. The van der Waals surface area contributed by atoms with Gasteiger partial charge in [0.1, 0.15) is 24.4 Å². The molecular formula is C33H57N4O6S+. The predicted molar refractivity (Wildman–Crippen MR) is 179 cm³/mol. The van der Waals surface area contributed by atoms with Crippen LogP contribution in [0.2, 0.25) is 0 Å². The maximum Gasteiger partial charge on any atom is 0.408 e. The van der Waals surface area contributed by atoms with E-state index in [1.807, 2.05) is 39.0 Å². The molecule has 11 heteroatoms. The van der Waals surface area contributed by atoms with Gasteiger partial charge in [0.05, 0.1) is 31.9 Å². The summed E-state index contributed by atoms with van der Waals surface area (Å²) in [6, 6.07) is 10.3. The molecule has 0 saturated carbocycles. The number of aryl methyl sites for hydroxylation is 1. The van der Waals surface area contributed by atoms with E-state index in [0.29, 0.717) is 23.5 Å². The zero-order valence-electron chi connectivity index (χ0n) is 28.6. The summed E-state index contributed by atoms with van der Waals surface area (Å²) in [6.45, 7) is 17.3. The average molecular weight is 638 g/mol. The quantitative estimate of drug-likeness (QED) is 0.157. The Kier molecular flexibility index (Phi) is 20.9. The summed E-state index contributed by atoms with van der Waals surface area (Å²) in [5.74, 6) is 0.0812. The van der Waals surface area contributed by atoms with Crippen molar-refractivity contribution in [1.29, 1.82) is 0 Å². The minimum Gasteiger partial charge on any atom is -0.475 e. The number of alkyl carbamates (subject to hydrolysis) is 1. The summed E-state index contributed by atoms with van der Waals surface area (Å²) in [5.41, 5.74) is 2.53. The van der Waals surface area contributed by atoms with E-state index in [1.165, 1.54) is 18.4 Å². The summed E-state index contributed by atoms with van der Waals surface area (Å²) in [5, 5.41) is 9.44. The lowest BCUT2D eigenvalue weighted by Gasteiger charge is -2.41. The van der Waals surface area contributed by atoms with Crippen LogP contribution in [0.1, 0.15) is 91.8 Å². The van der Waals surface area contributed by atoms with Gasteiger partial charge in [-0.25, -0.2) is 9.59 Å². The fraction of sp³-hybridized carbons (Fsp3) is 0.636. The van der Waals surface area contributed by atoms with E-state index in [9.17, 15) is 9.59 Å². The molecule has 1 aliphatic heterocycles. The zero-order chi connectivity index (χ0) is 33.6. The van der Waals surface area contributed by atoms with Crippen molar-refractivity contribution >= 4 is 29.4 Å². The fourth-order valence-corrected chi connectivity index (χ4v) is 4.60. The SMILES string of the molecule is CC.CCCCCCOc1nsnc1C1=CCC[N+](C)(C(C)OC(=O)CNC(=O)OC(C)(C)C)C1.CO.Cc1ccccc1. The number of hydrogen-bond donors (Lipinski definition) is 2. The Hall–Kier alpha value is -3.02. The number of amides is 1. The van der Waals surface area contributed by atoms with Crippen LogP contribution in [0.15, 0.2) is 36.4 Å². The highest BCUT2D eigenvalue weighted by molar-refractivity contribution is 6.99. The van der Waals surface area contributed by atoms with Gasteiger partial charge in [0.25, 0.3) is 5.88 Å². The molecule has 1 aromatic carbocycles. The molecule has 0 aliphatic carbocycles. The number of aliphatic hydroxyl groups excluding tert-OH is 1. The van der Waals surface area contributed by atoms with Crippen LogP contribution in [-0.4, -0.2) is 82.6 Å². The number of ether oxygens (including phenoxy) is 3. The molecule has 1 aliphatic rings. The van der Waals surface area contributed by atoms with E-state index in [2.05, 4.69) is 53.2 Å². The van der Waals surface area contributed by atoms with Gasteiger partial charge in [0.15, 0.2) is 0 Å². The van der Waals surface area contributed by atoms with Crippen molar-refractivity contribution in [2.45, 2.75) is 99.3 Å². The van der Waals surface area contributed by atoms with Crippen LogP contribution < -0.4 is 10.1 Å². The molecule has 10 nitrogen and oxygen atoms in total. The van der Waals surface area contributed by atoms with Crippen LogP contribution in [-0.2, 0) is 14.3 Å². The second-order valence-corrected chi connectivity index (χ2v) is 11.8. The molecule has 44 heavy (non-hydrogen) atoms. The molecule has 2 atom stereocenters. The third kappa shape index (κ3) is 16.7. The molecule has 0 spiro atoms. The second kappa shape index (κ2) is 22.5. The van der Waals surface area contributed by atoms with Crippen molar-refractivity contribution in [3.63, 3.8) is 0 Å². The fourth-order valence-electron chi connectivity index (χ4n) is 4.07. The van der Waals surface area contributed by atoms with Crippen molar-refractivity contribution in [2.75, 3.05) is 40.4 Å². The highest BCUT2D eigenvalue weighted by atomic mass is 32.1. The van der Waals surface area contributed by atoms with Crippen LogP contribution in [0, 0.1) is 6.92 Å². The highest BCUT2D eigenvalue weighted by Crippen LogP contribution is 2.31. The van der Waals surface area contributed by atoms with E-state index in [-0.39, 0.29) is 6.54 Å². The third-order valence-corrected chi connectivity index (χ3v) is 6.97. The molecule has 2 N–H and O–H groups in total. The number of nitrogens with zero attached hydrogens (tertiary/aromatic N) is 3. The number of rotatable bonds is 11. The standard InChI is InChI=1S/C23H38N4O5S.C7H8.C2H6.CH4O/c1-7-8-9-10-14-30-21-20(25-33-26-21)18-12-11-13-27(6,16-18)17(2)31-19(28)15-24-22(29)32-23(3,4)5;1-7-5-3-2-4-6-7;2*1-2/h12,17H,7-11,13-16H2,1-6H3;2-6H,1H3;1-2H3;2H,1H3/p+1. The van der Waals surface area contributed by atoms with E-state index in [0.717, 1.165) is 55.9 Å². The monoisotopic (exact) mass is 637 g/mol. The third-order valence-electron chi connectivity index (χ3n) is 6.46. The van der Waals surface area contributed by atoms with Crippen LogP contribution in [0.4, 0.5) is 4.79 Å². The zero-order valence-corrected chi connectivity index (χ0v) is 29.5.